The molecule has 1 aliphatic heterocycles. The van der Waals surface area contributed by atoms with E-state index in [0.29, 0.717) is 5.56 Å². The van der Waals surface area contributed by atoms with Crippen LogP contribution < -0.4 is 4.74 Å². The van der Waals surface area contributed by atoms with Gasteiger partial charge in [0.1, 0.15) is 11.5 Å². The maximum Gasteiger partial charge on any atom is 0.338 e. The smallest absolute Gasteiger partial charge is 0.338 e. The number of methoxy groups -OCH3 is 1. The number of carbonyl (C=O) groups is 1. The summed E-state index contributed by atoms with van der Waals surface area (Å²) in [5.74, 6) is 1.51. The van der Waals surface area contributed by atoms with E-state index in [-0.39, 0.29) is 16.9 Å². The minimum Gasteiger partial charge on any atom is -0.465 e. The van der Waals surface area contributed by atoms with Crippen LogP contribution in [-0.2, 0) is 22.1 Å². The number of esters is 1. The summed E-state index contributed by atoms with van der Waals surface area (Å²) < 4.78 is 11.1. The number of fused-ring (bicyclic) bond motifs is 2. The van der Waals surface area contributed by atoms with Gasteiger partial charge in [-0.1, -0.05) is 42.5 Å². The van der Waals surface area contributed by atoms with Crippen molar-refractivity contribution >= 4 is 16.9 Å². The second kappa shape index (κ2) is 8.32. The maximum absolute atomic E-state index is 12.1. The first-order valence-electron chi connectivity index (χ1n) is 10.1. The van der Waals surface area contributed by atoms with Crippen molar-refractivity contribution in [2.75, 3.05) is 7.11 Å². The summed E-state index contributed by atoms with van der Waals surface area (Å²) in [5.41, 5.74) is 2.93. The van der Waals surface area contributed by atoms with E-state index < -0.39 is 0 Å². The molecule has 0 saturated heterocycles. The third-order valence-electron chi connectivity index (χ3n) is 5.31. The maximum atomic E-state index is 12.1. The van der Waals surface area contributed by atoms with Crippen LogP contribution >= 0.6 is 0 Å². The van der Waals surface area contributed by atoms with Crippen molar-refractivity contribution in [3.63, 3.8) is 0 Å². The van der Waals surface area contributed by atoms with Crippen LogP contribution in [0.1, 0.15) is 21.5 Å². The van der Waals surface area contributed by atoms with Crippen LogP contribution in [0.2, 0.25) is 0 Å². The van der Waals surface area contributed by atoms with E-state index in [1.807, 2.05) is 36.4 Å². The van der Waals surface area contributed by atoms with Crippen molar-refractivity contribution < 1.29 is 14.3 Å². The molecule has 4 aromatic carbocycles. The fraction of sp³-hybridized carbons (Fsp3) is 0.0741. The topological polar surface area (TPSA) is 35.5 Å². The first-order valence-corrected chi connectivity index (χ1v) is 11.3. The van der Waals surface area contributed by atoms with Gasteiger partial charge >= 0.3 is 5.97 Å². The number of hydrogen-bond acceptors (Lipinski definition) is 3. The van der Waals surface area contributed by atoms with E-state index in [0.717, 1.165) is 22.8 Å². The average molecular weight is 426 g/mol. The van der Waals surface area contributed by atoms with Gasteiger partial charge in [-0.25, -0.2) is 4.79 Å². The number of rotatable bonds is 4. The number of ether oxygens (including phenoxy) is 2. The molecular formula is C27H21O3S+. The Morgan fingerprint density at radius 3 is 2.29 bits per heavy atom. The average Bonchev–Trinajstić information content (AvgIpc) is 2.83. The van der Waals surface area contributed by atoms with Crippen LogP contribution in [0.25, 0.3) is 0 Å². The van der Waals surface area contributed by atoms with Gasteiger partial charge < -0.3 is 9.47 Å². The molecule has 0 saturated carbocycles. The number of carbonyl (C=O) groups excluding carboxylic acids is 1. The molecule has 0 fully saturated rings. The summed E-state index contributed by atoms with van der Waals surface area (Å²) in [6.07, 6.45) is 0.841. The van der Waals surface area contributed by atoms with Gasteiger partial charge in [-0.05, 0) is 48.0 Å². The summed E-state index contributed by atoms with van der Waals surface area (Å²) in [4.78, 5) is 15.6. The van der Waals surface area contributed by atoms with Gasteiger partial charge in [0.15, 0.2) is 14.7 Å². The highest BCUT2D eigenvalue weighted by atomic mass is 32.2. The Hall–Kier alpha value is -3.50. The van der Waals surface area contributed by atoms with Crippen molar-refractivity contribution in [1.29, 1.82) is 0 Å². The molecule has 152 valence electrons. The molecule has 4 aromatic rings. The van der Waals surface area contributed by atoms with Crippen molar-refractivity contribution in [2.45, 2.75) is 21.1 Å². The second-order valence-corrected chi connectivity index (χ2v) is 9.32. The Labute approximate surface area is 184 Å². The predicted molar refractivity (Wildman–Crippen MR) is 122 cm³/mol. The molecule has 5 rings (SSSR count). The van der Waals surface area contributed by atoms with Gasteiger partial charge in [-0.3, -0.25) is 0 Å². The molecule has 3 nitrogen and oxygen atoms in total. The molecule has 0 aliphatic carbocycles. The zero-order valence-corrected chi connectivity index (χ0v) is 17.9. The van der Waals surface area contributed by atoms with Crippen molar-refractivity contribution in [1.82, 2.24) is 0 Å². The lowest BCUT2D eigenvalue weighted by Crippen LogP contribution is -2.09. The minimum absolute atomic E-state index is 0.325. The summed E-state index contributed by atoms with van der Waals surface area (Å²) in [6, 6.07) is 32.7. The summed E-state index contributed by atoms with van der Waals surface area (Å²) in [6.45, 7) is 0. The summed E-state index contributed by atoms with van der Waals surface area (Å²) >= 11 is 0. The molecular weight excluding hydrogens is 404 g/mol. The largest absolute Gasteiger partial charge is 0.465 e. The monoisotopic (exact) mass is 425 g/mol. The molecule has 1 unspecified atom stereocenters. The standard InChI is InChI=1S/C27H21O3S/c1-29-27(28)20-9-7-12-23(17-20)31(22-10-3-2-4-11-22)24-14-15-26-21(18-24)16-19-8-5-6-13-25(19)30-26/h2-15,17-18H,16H2,1H3/q+1. The molecule has 0 aromatic heterocycles. The zero-order chi connectivity index (χ0) is 21.2. The first kappa shape index (κ1) is 19.5. The van der Waals surface area contributed by atoms with Crippen LogP contribution in [-0.4, -0.2) is 13.1 Å². The van der Waals surface area contributed by atoms with Gasteiger partial charge in [0.2, 0.25) is 0 Å². The molecule has 31 heavy (non-hydrogen) atoms. The van der Waals surface area contributed by atoms with Crippen LogP contribution in [0, 0.1) is 0 Å². The SMILES string of the molecule is COC(=O)c1cccc([S+](c2ccccc2)c2ccc3c(c2)Cc2ccccc2O3)c1. The van der Waals surface area contributed by atoms with Crippen molar-refractivity contribution in [3.8, 4) is 11.5 Å². The lowest BCUT2D eigenvalue weighted by Gasteiger charge is -2.20. The third kappa shape index (κ3) is 3.82. The normalized spacial score (nSPS) is 12.8. The quantitative estimate of drug-likeness (QED) is 0.252. The molecule has 1 aliphatic rings. The zero-order valence-electron chi connectivity index (χ0n) is 17.1. The molecule has 1 atom stereocenters. The molecule has 0 spiro atoms. The van der Waals surface area contributed by atoms with Gasteiger partial charge in [-0.15, -0.1) is 0 Å². The molecule has 0 radical (unpaired) electrons. The fourth-order valence-electron chi connectivity index (χ4n) is 3.83. The van der Waals surface area contributed by atoms with Gasteiger partial charge in [0, 0.05) is 24.1 Å². The van der Waals surface area contributed by atoms with Crippen molar-refractivity contribution in [2.24, 2.45) is 0 Å². The van der Waals surface area contributed by atoms with Crippen LogP contribution in [0.5, 0.6) is 11.5 Å². The van der Waals surface area contributed by atoms with E-state index in [1.165, 1.54) is 28.0 Å². The van der Waals surface area contributed by atoms with E-state index in [9.17, 15) is 4.79 Å². The molecule has 1 heterocycles. The Bertz CT molecular complexity index is 1250. The molecule has 0 amide bonds. The fourth-order valence-corrected chi connectivity index (χ4v) is 6.00. The van der Waals surface area contributed by atoms with Gasteiger partial charge in [0.05, 0.1) is 23.6 Å². The molecule has 0 N–H and O–H groups in total. The highest BCUT2D eigenvalue weighted by Crippen LogP contribution is 2.40. The van der Waals surface area contributed by atoms with Gasteiger partial charge in [0.25, 0.3) is 0 Å². The second-order valence-electron chi connectivity index (χ2n) is 7.29. The number of hydrogen-bond donors (Lipinski definition) is 0. The lowest BCUT2D eigenvalue weighted by atomic mass is 10.0. The Morgan fingerprint density at radius 2 is 1.45 bits per heavy atom. The third-order valence-corrected chi connectivity index (χ3v) is 7.51. The Balaban J connectivity index is 1.60. The minimum atomic E-state index is -0.363. The van der Waals surface area contributed by atoms with Crippen molar-refractivity contribution in [3.05, 3.63) is 114 Å². The molecule has 0 bridgehead atoms. The van der Waals surface area contributed by atoms with Crippen LogP contribution in [0.3, 0.4) is 0 Å². The van der Waals surface area contributed by atoms with Gasteiger partial charge in [-0.2, -0.15) is 0 Å². The van der Waals surface area contributed by atoms with Crippen LogP contribution in [0.4, 0.5) is 0 Å². The molecule has 4 heteroatoms. The summed E-state index contributed by atoms with van der Waals surface area (Å²) in [7, 11) is 1.05. The Kier molecular flexibility index (Phi) is 5.23. The van der Waals surface area contributed by atoms with Crippen LogP contribution in [0.15, 0.2) is 112 Å². The number of para-hydroxylation sites is 1. The summed E-state index contributed by atoms with van der Waals surface area (Å²) in [5, 5.41) is 0. The highest BCUT2D eigenvalue weighted by molar-refractivity contribution is 7.97. The van der Waals surface area contributed by atoms with E-state index in [1.54, 1.807) is 6.07 Å². The Morgan fingerprint density at radius 1 is 0.742 bits per heavy atom. The first-order chi connectivity index (χ1) is 15.2. The lowest BCUT2D eigenvalue weighted by molar-refractivity contribution is 0.0600. The number of benzene rings is 4. The predicted octanol–water partition coefficient (Wildman–Crippen LogP) is 6.27. The highest BCUT2D eigenvalue weighted by Gasteiger charge is 2.31. The van der Waals surface area contributed by atoms with E-state index in [2.05, 4.69) is 54.6 Å². The van der Waals surface area contributed by atoms with E-state index >= 15 is 0 Å². The van der Waals surface area contributed by atoms with E-state index in [4.69, 9.17) is 9.47 Å².